The Bertz CT molecular complexity index is 1180. The number of amidine groups is 1. The molecule has 1 aromatic heterocycles. The number of nitrogens with two attached hydrogens (primary N) is 1. The van der Waals surface area contributed by atoms with Crippen LogP contribution in [0.2, 0.25) is 0 Å². The maximum Gasteiger partial charge on any atom is 0.165 e. The summed E-state index contributed by atoms with van der Waals surface area (Å²) >= 11 is 0. The highest BCUT2D eigenvalue weighted by Gasteiger charge is 2.19. The highest BCUT2D eigenvalue weighted by Crippen LogP contribution is 2.30. The van der Waals surface area contributed by atoms with Gasteiger partial charge in [0.1, 0.15) is 29.6 Å². The van der Waals surface area contributed by atoms with E-state index < -0.39 is 11.9 Å². The molecule has 1 saturated heterocycles. The van der Waals surface area contributed by atoms with Crippen LogP contribution >= 0.6 is 0 Å². The van der Waals surface area contributed by atoms with Gasteiger partial charge in [-0.05, 0) is 62.7 Å². The normalized spacial score (nSPS) is 16.0. The molecule has 33 heavy (non-hydrogen) atoms. The number of hydrogen-bond acceptors (Lipinski definition) is 7. The molecule has 1 unspecified atom stereocenters. The van der Waals surface area contributed by atoms with E-state index in [4.69, 9.17) is 15.9 Å². The number of aliphatic hydroxyl groups is 1. The van der Waals surface area contributed by atoms with E-state index in [9.17, 15) is 9.50 Å². The van der Waals surface area contributed by atoms with Crippen molar-refractivity contribution in [2.45, 2.75) is 38.4 Å². The highest BCUT2D eigenvalue weighted by molar-refractivity contribution is 6.02. The van der Waals surface area contributed by atoms with Crippen LogP contribution in [-0.4, -0.2) is 45.8 Å². The Morgan fingerprint density at radius 3 is 2.67 bits per heavy atom. The molecule has 8 nitrogen and oxygen atoms in total. The van der Waals surface area contributed by atoms with Gasteiger partial charge in [0.05, 0.1) is 5.52 Å². The van der Waals surface area contributed by atoms with Crippen LogP contribution in [0.15, 0.2) is 47.5 Å². The van der Waals surface area contributed by atoms with Gasteiger partial charge in [-0.2, -0.15) is 0 Å². The lowest BCUT2D eigenvalue weighted by Gasteiger charge is -2.24. The fraction of sp³-hybridized carbons (Fsp3) is 0.333. The van der Waals surface area contributed by atoms with Crippen molar-refractivity contribution in [1.82, 2.24) is 15.3 Å². The second kappa shape index (κ2) is 10.0. The first-order valence-corrected chi connectivity index (χ1v) is 10.9. The molecule has 172 valence electrons. The van der Waals surface area contributed by atoms with Crippen LogP contribution in [0.4, 0.5) is 10.2 Å². The number of aliphatic hydroxyl groups excluding tert-OH is 1. The summed E-state index contributed by atoms with van der Waals surface area (Å²) in [5, 5.41) is 22.5. The summed E-state index contributed by atoms with van der Waals surface area (Å²) in [6.07, 6.45) is 0.997. The number of aliphatic imine (C=N–C) groups is 1. The number of nitrogens with one attached hydrogen (secondary N) is 2. The summed E-state index contributed by atoms with van der Waals surface area (Å²) in [7, 11) is 0. The SMILES string of the molecule is CC(=N)CC(N)=Nc1nc(C(O)c2ccc(F)cc2)nc2cc(OC3CCNCC3)ccc12. The Morgan fingerprint density at radius 2 is 1.97 bits per heavy atom. The van der Waals surface area contributed by atoms with Gasteiger partial charge in [0, 0.05) is 23.6 Å². The molecule has 2 aromatic carbocycles. The van der Waals surface area contributed by atoms with Gasteiger partial charge in [-0.25, -0.2) is 19.4 Å². The van der Waals surface area contributed by atoms with E-state index >= 15 is 0 Å². The molecule has 1 aliphatic rings. The van der Waals surface area contributed by atoms with E-state index in [1.165, 1.54) is 24.3 Å². The number of benzene rings is 2. The Hall–Kier alpha value is -3.43. The van der Waals surface area contributed by atoms with Crippen molar-refractivity contribution < 1.29 is 14.2 Å². The zero-order chi connectivity index (χ0) is 23.4. The van der Waals surface area contributed by atoms with Gasteiger partial charge in [0.25, 0.3) is 0 Å². The molecule has 5 N–H and O–H groups in total. The van der Waals surface area contributed by atoms with Gasteiger partial charge < -0.3 is 26.3 Å². The molecule has 4 rings (SSSR count). The van der Waals surface area contributed by atoms with E-state index in [0.717, 1.165) is 25.9 Å². The topological polar surface area (TPSA) is 130 Å². The van der Waals surface area contributed by atoms with Gasteiger partial charge in [-0.15, -0.1) is 0 Å². The van der Waals surface area contributed by atoms with Crippen molar-refractivity contribution in [3.05, 3.63) is 59.7 Å². The van der Waals surface area contributed by atoms with Crippen LogP contribution < -0.4 is 15.8 Å². The summed E-state index contributed by atoms with van der Waals surface area (Å²) in [5.74, 6) is 0.924. The predicted octanol–water partition coefficient (Wildman–Crippen LogP) is 3.40. The maximum absolute atomic E-state index is 13.3. The maximum atomic E-state index is 13.3. The number of fused-ring (bicyclic) bond motifs is 1. The molecule has 0 saturated carbocycles. The number of halogens is 1. The third-order valence-corrected chi connectivity index (χ3v) is 5.38. The van der Waals surface area contributed by atoms with E-state index in [0.29, 0.717) is 33.7 Å². The van der Waals surface area contributed by atoms with Gasteiger partial charge in [0.15, 0.2) is 11.6 Å². The number of aromatic nitrogens is 2. The number of ether oxygens (including phenoxy) is 1. The fourth-order valence-corrected chi connectivity index (χ4v) is 3.74. The number of nitrogens with zero attached hydrogens (tertiary/aromatic N) is 3. The lowest BCUT2D eigenvalue weighted by atomic mass is 10.1. The minimum atomic E-state index is -1.18. The van der Waals surface area contributed by atoms with Gasteiger partial charge in [0.2, 0.25) is 0 Å². The minimum absolute atomic E-state index is 0.117. The standard InChI is InChI=1S/C24H27FN6O2/c1-14(26)12-21(27)30-23-19-7-6-18(33-17-8-10-28-11-9-17)13-20(19)29-24(31-23)22(32)15-2-4-16(25)5-3-15/h2-7,13,17,22,26,28,32H,8-12H2,1H3,(H2,27,29,30,31). The Kier molecular flexibility index (Phi) is 6.90. The first kappa shape index (κ1) is 22.8. The van der Waals surface area contributed by atoms with Crippen molar-refractivity contribution in [1.29, 1.82) is 5.41 Å². The third-order valence-electron chi connectivity index (χ3n) is 5.38. The zero-order valence-electron chi connectivity index (χ0n) is 18.4. The Morgan fingerprint density at radius 1 is 1.24 bits per heavy atom. The van der Waals surface area contributed by atoms with Crippen molar-refractivity contribution in [3.8, 4) is 5.75 Å². The van der Waals surface area contributed by atoms with E-state index in [2.05, 4.69) is 20.3 Å². The highest BCUT2D eigenvalue weighted by atomic mass is 19.1. The Balaban J connectivity index is 1.75. The average molecular weight is 451 g/mol. The molecule has 1 fully saturated rings. The van der Waals surface area contributed by atoms with Crippen LogP contribution in [0, 0.1) is 11.2 Å². The zero-order valence-corrected chi connectivity index (χ0v) is 18.4. The predicted molar refractivity (Wildman–Crippen MR) is 126 cm³/mol. The summed E-state index contributed by atoms with van der Waals surface area (Å²) in [4.78, 5) is 13.4. The van der Waals surface area contributed by atoms with Crippen molar-refractivity contribution >= 4 is 28.3 Å². The van der Waals surface area contributed by atoms with Gasteiger partial charge in [-0.3, -0.25) is 0 Å². The second-order valence-corrected chi connectivity index (χ2v) is 8.17. The Labute approximate surface area is 191 Å². The molecule has 0 amide bonds. The van der Waals surface area contributed by atoms with Gasteiger partial charge >= 0.3 is 0 Å². The molecule has 2 heterocycles. The van der Waals surface area contributed by atoms with Crippen LogP contribution in [0.5, 0.6) is 5.75 Å². The molecular formula is C24H27FN6O2. The number of piperidine rings is 1. The lowest BCUT2D eigenvalue weighted by Crippen LogP contribution is -2.34. The largest absolute Gasteiger partial charge is 0.490 e. The molecule has 1 atom stereocenters. The van der Waals surface area contributed by atoms with Crippen LogP contribution in [0.3, 0.4) is 0 Å². The van der Waals surface area contributed by atoms with E-state index in [1.54, 1.807) is 13.0 Å². The minimum Gasteiger partial charge on any atom is -0.490 e. The van der Waals surface area contributed by atoms with Crippen molar-refractivity contribution in [3.63, 3.8) is 0 Å². The van der Waals surface area contributed by atoms with Crippen LogP contribution in [0.25, 0.3) is 10.9 Å². The molecule has 0 aliphatic carbocycles. The smallest absolute Gasteiger partial charge is 0.165 e. The second-order valence-electron chi connectivity index (χ2n) is 8.17. The summed E-state index contributed by atoms with van der Waals surface area (Å²) in [6.45, 7) is 3.48. The van der Waals surface area contributed by atoms with E-state index in [1.807, 2.05) is 12.1 Å². The van der Waals surface area contributed by atoms with E-state index in [-0.39, 0.29) is 24.2 Å². The summed E-state index contributed by atoms with van der Waals surface area (Å²) in [6, 6.07) is 11.0. The molecule has 1 aliphatic heterocycles. The summed E-state index contributed by atoms with van der Waals surface area (Å²) in [5.41, 5.74) is 7.39. The molecular weight excluding hydrogens is 423 g/mol. The first-order valence-electron chi connectivity index (χ1n) is 10.9. The van der Waals surface area contributed by atoms with Crippen LogP contribution in [-0.2, 0) is 0 Å². The van der Waals surface area contributed by atoms with Crippen molar-refractivity contribution in [2.75, 3.05) is 13.1 Å². The number of hydrogen-bond donors (Lipinski definition) is 4. The molecule has 0 spiro atoms. The van der Waals surface area contributed by atoms with Crippen molar-refractivity contribution in [2.24, 2.45) is 10.7 Å². The monoisotopic (exact) mass is 450 g/mol. The van der Waals surface area contributed by atoms with Gasteiger partial charge in [-0.1, -0.05) is 12.1 Å². The molecule has 0 bridgehead atoms. The lowest BCUT2D eigenvalue weighted by molar-refractivity contribution is 0.162. The molecule has 3 aromatic rings. The molecule has 0 radical (unpaired) electrons. The molecule has 9 heteroatoms. The quantitative estimate of drug-likeness (QED) is 0.322. The summed E-state index contributed by atoms with van der Waals surface area (Å²) < 4.78 is 19.5. The first-order chi connectivity index (χ1) is 15.9. The average Bonchev–Trinajstić information content (AvgIpc) is 2.79. The van der Waals surface area contributed by atoms with Crippen LogP contribution in [0.1, 0.15) is 43.7 Å². The fourth-order valence-electron chi connectivity index (χ4n) is 3.74. The number of rotatable bonds is 7. The third kappa shape index (κ3) is 5.68.